The Balaban J connectivity index is 3.24. The normalized spacial score (nSPS) is 12.7. The van der Waals surface area contributed by atoms with Crippen LogP contribution in [0.1, 0.15) is 85.0 Å². The minimum Gasteiger partial charge on any atom is -0.0999 e. The number of unbranched alkanes of at least 4 members (excludes halogenated alkanes) is 5. The molecule has 0 radical (unpaired) electrons. The molecule has 0 aliphatic carbocycles. The van der Waals surface area contributed by atoms with Crippen molar-refractivity contribution in [2.24, 2.45) is 5.92 Å². The van der Waals surface area contributed by atoms with Gasteiger partial charge < -0.3 is 0 Å². The summed E-state index contributed by atoms with van der Waals surface area (Å²) in [6, 6.07) is 0. The number of allylic oxidation sites excluding steroid dienone is 1. The van der Waals surface area contributed by atoms with E-state index < -0.39 is 0 Å². The summed E-state index contributed by atoms with van der Waals surface area (Å²) in [5.74, 6) is 0.876. The molecule has 16 heavy (non-hydrogen) atoms. The Labute approximate surface area is 104 Å². The zero-order valence-electron chi connectivity index (χ0n) is 11.9. The molecule has 0 aromatic carbocycles. The third kappa shape index (κ3) is 10.3. The maximum Gasteiger partial charge on any atom is -0.0320 e. The van der Waals surface area contributed by atoms with Gasteiger partial charge in [0.15, 0.2) is 0 Å². The lowest BCUT2D eigenvalue weighted by molar-refractivity contribution is 0.508. The lowest BCUT2D eigenvalue weighted by Gasteiger charge is -2.10. The molecule has 0 saturated carbocycles. The molecule has 0 fully saturated rings. The molecule has 0 aromatic rings. The molecule has 0 aliphatic rings. The van der Waals surface area contributed by atoms with Crippen LogP contribution < -0.4 is 0 Å². The molecule has 0 aliphatic heterocycles. The topological polar surface area (TPSA) is 0 Å². The Morgan fingerprint density at radius 3 is 2.19 bits per heavy atom. The van der Waals surface area contributed by atoms with E-state index in [0.717, 1.165) is 5.92 Å². The molecule has 0 N–H and O–H groups in total. The Hall–Kier alpha value is -0.260. The lowest BCUT2D eigenvalue weighted by Crippen LogP contribution is -1.93. The highest BCUT2D eigenvalue weighted by Gasteiger charge is 2.00. The molecule has 1 unspecified atom stereocenters. The van der Waals surface area contributed by atoms with Crippen molar-refractivity contribution in [2.75, 3.05) is 0 Å². The van der Waals surface area contributed by atoms with Crippen molar-refractivity contribution in [3.63, 3.8) is 0 Å². The molecular weight excluding hydrogens is 192 g/mol. The van der Waals surface area contributed by atoms with Crippen LogP contribution in [-0.2, 0) is 0 Å². The van der Waals surface area contributed by atoms with Crippen LogP contribution in [0.2, 0.25) is 0 Å². The minimum absolute atomic E-state index is 0.876. The second-order valence-corrected chi connectivity index (χ2v) is 5.32. The van der Waals surface area contributed by atoms with Gasteiger partial charge in [0.05, 0.1) is 0 Å². The van der Waals surface area contributed by atoms with E-state index >= 15 is 0 Å². The Morgan fingerprint density at radius 1 is 0.938 bits per heavy atom. The van der Waals surface area contributed by atoms with Crippen LogP contribution >= 0.6 is 0 Å². The molecule has 0 heterocycles. The van der Waals surface area contributed by atoms with Gasteiger partial charge in [0.1, 0.15) is 0 Å². The molecule has 0 aromatic heterocycles. The fraction of sp³-hybridized carbons (Fsp3) is 0.875. The molecule has 0 rings (SSSR count). The first kappa shape index (κ1) is 15.7. The molecule has 0 nitrogen and oxygen atoms in total. The monoisotopic (exact) mass is 224 g/mol. The summed E-state index contributed by atoms with van der Waals surface area (Å²) in [6.45, 7) is 11.1. The summed E-state index contributed by atoms with van der Waals surface area (Å²) in [4.78, 5) is 0. The highest BCUT2D eigenvalue weighted by atomic mass is 14.1. The van der Waals surface area contributed by atoms with Crippen LogP contribution in [0, 0.1) is 5.92 Å². The molecule has 0 heteroatoms. The van der Waals surface area contributed by atoms with Crippen molar-refractivity contribution in [2.45, 2.75) is 85.0 Å². The van der Waals surface area contributed by atoms with Gasteiger partial charge in [0, 0.05) is 0 Å². The summed E-state index contributed by atoms with van der Waals surface area (Å²) in [7, 11) is 0. The van der Waals surface area contributed by atoms with Crippen LogP contribution in [0.15, 0.2) is 12.2 Å². The number of hydrogen-bond acceptors (Lipinski definition) is 0. The predicted molar refractivity (Wildman–Crippen MR) is 75.8 cm³/mol. The van der Waals surface area contributed by atoms with E-state index in [0.29, 0.717) is 0 Å². The summed E-state index contributed by atoms with van der Waals surface area (Å²) in [5, 5.41) is 0. The van der Waals surface area contributed by atoms with Crippen LogP contribution in [0.3, 0.4) is 0 Å². The zero-order valence-corrected chi connectivity index (χ0v) is 11.9. The van der Waals surface area contributed by atoms with Gasteiger partial charge in [-0.2, -0.15) is 0 Å². The average molecular weight is 224 g/mol. The van der Waals surface area contributed by atoms with Gasteiger partial charge in [-0.1, -0.05) is 71.4 Å². The highest BCUT2D eigenvalue weighted by Crippen LogP contribution is 2.18. The third-order valence-electron chi connectivity index (χ3n) is 3.57. The Bertz CT molecular complexity index is 157. The van der Waals surface area contributed by atoms with E-state index in [2.05, 4.69) is 27.4 Å². The maximum absolute atomic E-state index is 4.19. The van der Waals surface area contributed by atoms with Crippen LogP contribution in [0.5, 0.6) is 0 Å². The predicted octanol–water partition coefficient (Wildman–Crippen LogP) is 6.12. The number of hydrogen-bond donors (Lipinski definition) is 0. The van der Waals surface area contributed by atoms with Crippen molar-refractivity contribution < 1.29 is 0 Å². The van der Waals surface area contributed by atoms with Gasteiger partial charge in [0.2, 0.25) is 0 Å². The fourth-order valence-corrected chi connectivity index (χ4v) is 1.93. The van der Waals surface area contributed by atoms with E-state index in [1.165, 1.54) is 69.8 Å². The molecule has 0 spiro atoms. The van der Waals surface area contributed by atoms with Gasteiger partial charge in [-0.3, -0.25) is 0 Å². The number of rotatable bonds is 11. The van der Waals surface area contributed by atoms with Gasteiger partial charge >= 0.3 is 0 Å². The van der Waals surface area contributed by atoms with Crippen LogP contribution in [0.25, 0.3) is 0 Å². The molecule has 1 atom stereocenters. The standard InChI is InChI=1S/C16H32/c1-5-7-8-9-10-11-12-16(4)14-13-15(3)6-2/h15H,4-14H2,1-3H3. The van der Waals surface area contributed by atoms with Crippen molar-refractivity contribution >= 4 is 0 Å². The maximum atomic E-state index is 4.19. The van der Waals surface area contributed by atoms with Crippen molar-refractivity contribution in [1.82, 2.24) is 0 Å². The SMILES string of the molecule is C=C(CCCCCCCC)CCC(C)CC. The van der Waals surface area contributed by atoms with E-state index in [9.17, 15) is 0 Å². The first-order valence-corrected chi connectivity index (χ1v) is 7.37. The minimum atomic E-state index is 0.876. The van der Waals surface area contributed by atoms with Gasteiger partial charge in [-0.15, -0.1) is 0 Å². The van der Waals surface area contributed by atoms with Gasteiger partial charge in [-0.25, -0.2) is 0 Å². The van der Waals surface area contributed by atoms with E-state index in [1.54, 1.807) is 0 Å². The molecule has 0 bridgehead atoms. The van der Waals surface area contributed by atoms with Crippen LogP contribution in [0.4, 0.5) is 0 Å². The summed E-state index contributed by atoms with van der Waals surface area (Å²) < 4.78 is 0. The molecule has 96 valence electrons. The van der Waals surface area contributed by atoms with E-state index in [1.807, 2.05) is 0 Å². The molecule has 0 saturated heterocycles. The van der Waals surface area contributed by atoms with Crippen molar-refractivity contribution in [1.29, 1.82) is 0 Å². The largest absolute Gasteiger partial charge is 0.0999 e. The second-order valence-electron chi connectivity index (χ2n) is 5.32. The average Bonchev–Trinajstić information content (AvgIpc) is 2.30. The quantitative estimate of drug-likeness (QED) is 0.293. The van der Waals surface area contributed by atoms with E-state index in [-0.39, 0.29) is 0 Å². The van der Waals surface area contributed by atoms with Crippen molar-refractivity contribution in [3.05, 3.63) is 12.2 Å². The zero-order chi connectivity index (χ0) is 12.2. The first-order valence-electron chi connectivity index (χ1n) is 7.37. The molecular formula is C16H32. The summed E-state index contributed by atoms with van der Waals surface area (Å²) >= 11 is 0. The smallest absolute Gasteiger partial charge is 0.0320 e. The highest BCUT2D eigenvalue weighted by molar-refractivity contribution is 4.93. The Morgan fingerprint density at radius 2 is 1.56 bits per heavy atom. The first-order chi connectivity index (χ1) is 7.70. The van der Waals surface area contributed by atoms with Gasteiger partial charge in [-0.05, 0) is 31.6 Å². The summed E-state index contributed by atoms with van der Waals surface area (Å²) in [6.07, 6.45) is 13.5. The van der Waals surface area contributed by atoms with Crippen LogP contribution in [-0.4, -0.2) is 0 Å². The lowest BCUT2D eigenvalue weighted by atomic mass is 9.97. The third-order valence-corrected chi connectivity index (χ3v) is 3.57. The Kier molecular flexibility index (Phi) is 11.0. The van der Waals surface area contributed by atoms with Crippen molar-refractivity contribution in [3.8, 4) is 0 Å². The van der Waals surface area contributed by atoms with Gasteiger partial charge in [0.25, 0.3) is 0 Å². The summed E-state index contributed by atoms with van der Waals surface area (Å²) in [5.41, 5.74) is 1.48. The molecule has 0 amide bonds. The second kappa shape index (κ2) is 11.2. The fourth-order valence-electron chi connectivity index (χ4n) is 1.93. The van der Waals surface area contributed by atoms with E-state index in [4.69, 9.17) is 0 Å².